The summed E-state index contributed by atoms with van der Waals surface area (Å²) < 4.78 is 7.52. The largest absolute Gasteiger partial charge is 0.360 e. The minimum Gasteiger partial charge on any atom is -0.360 e. The SMILES string of the molecule is Cc1cc(CNCC2CCc3nnc(C(C)C)n3C2)on1. The van der Waals surface area contributed by atoms with E-state index in [4.69, 9.17) is 4.52 Å². The zero-order valence-electron chi connectivity index (χ0n) is 13.0. The maximum atomic E-state index is 5.21. The van der Waals surface area contributed by atoms with Crippen molar-refractivity contribution in [2.45, 2.75) is 52.6 Å². The van der Waals surface area contributed by atoms with Crippen LogP contribution in [0.15, 0.2) is 10.6 Å². The molecule has 0 aromatic carbocycles. The summed E-state index contributed by atoms with van der Waals surface area (Å²) in [5.74, 6) is 4.20. The number of nitrogens with one attached hydrogen (secondary N) is 1. The van der Waals surface area contributed by atoms with E-state index in [1.807, 2.05) is 13.0 Å². The smallest absolute Gasteiger partial charge is 0.150 e. The fourth-order valence-corrected chi connectivity index (χ4v) is 2.91. The highest BCUT2D eigenvalue weighted by atomic mass is 16.5. The number of hydrogen-bond acceptors (Lipinski definition) is 5. The van der Waals surface area contributed by atoms with Crippen molar-refractivity contribution in [3.8, 4) is 0 Å². The second-order valence-electron chi connectivity index (χ2n) is 6.21. The first-order valence-electron chi connectivity index (χ1n) is 7.68. The molecule has 2 aromatic rings. The van der Waals surface area contributed by atoms with Gasteiger partial charge in [-0.25, -0.2) is 0 Å². The number of nitrogens with zero attached hydrogens (tertiary/aromatic N) is 4. The standard InChI is InChI=1S/C15H23N5O/c1-10(2)15-18-17-14-5-4-12(9-20(14)15)7-16-8-13-6-11(3)19-21-13/h6,10,12,16H,4-5,7-9H2,1-3H3. The summed E-state index contributed by atoms with van der Waals surface area (Å²) in [5, 5.41) is 16.0. The highest BCUT2D eigenvalue weighted by Gasteiger charge is 2.23. The molecular formula is C15H23N5O. The lowest BCUT2D eigenvalue weighted by atomic mass is 9.98. The predicted octanol–water partition coefficient (Wildman–Crippen LogP) is 2.05. The van der Waals surface area contributed by atoms with Gasteiger partial charge in [-0.1, -0.05) is 19.0 Å². The third-order valence-electron chi connectivity index (χ3n) is 4.00. The van der Waals surface area contributed by atoms with Gasteiger partial charge in [-0.15, -0.1) is 10.2 Å². The van der Waals surface area contributed by atoms with E-state index in [9.17, 15) is 0 Å². The van der Waals surface area contributed by atoms with E-state index in [-0.39, 0.29) is 0 Å². The zero-order valence-corrected chi connectivity index (χ0v) is 13.0. The van der Waals surface area contributed by atoms with Gasteiger partial charge >= 0.3 is 0 Å². The Bertz CT molecular complexity index is 601. The first kappa shape index (κ1) is 14.3. The first-order chi connectivity index (χ1) is 10.1. The quantitative estimate of drug-likeness (QED) is 0.912. The van der Waals surface area contributed by atoms with E-state index in [0.29, 0.717) is 11.8 Å². The molecule has 0 saturated heterocycles. The number of hydrogen-bond donors (Lipinski definition) is 1. The minimum absolute atomic E-state index is 0.426. The molecular weight excluding hydrogens is 266 g/mol. The van der Waals surface area contributed by atoms with Crippen molar-refractivity contribution >= 4 is 0 Å². The Balaban J connectivity index is 1.55. The fourth-order valence-electron chi connectivity index (χ4n) is 2.91. The minimum atomic E-state index is 0.426. The normalized spacial score (nSPS) is 18.2. The molecule has 3 heterocycles. The lowest BCUT2D eigenvalue weighted by Crippen LogP contribution is -2.30. The first-order valence-corrected chi connectivity index (χ1v) is 7.68. The second-order valence-corrected chi connectivity index (χ2v) is 6.21. The molecule has 114 valence electrons. The summed E-state index contributed by atoms with van der Waals surface area (Å²) in [6.45, 7) is 9.02. The molecule has 0 spiro atoms. The monoisotopic (exact) mass is 289 g/mol. The summed E-state index contributed by atoms with van der Waals surface area (Å²) in [7, 11) is 0. The Labute approximate surface area is 124 Å². The summed E-state index contributed by atoms with van der Waals surface area (Å²) >= 11 is 0. The molecule has 1 unspecified atom stereocenters. The van der Waals surface area contributed by atoms with Crippen molar-refractivity contribution in [1.82, 2.24) is 25.2 Å². The van der Waals surface area contributed by atoms with Crippen LogP contribution in [-0.4, -0.2) is 26.5 Å². The lowest BCUT2D eigenvalue weighted by molar-refractivity contribution is 0.324. The molecule has 0 fully saturated rings. The average molecular weight is 289 g/mol. The van der Waals surface area contributed by atoms with Gasteiger partial charge in [0.2, 0.25) is 0 Å². The highest BCUT2D eigenvalue weighted by molar-refractivity contribution is 5.04. The van der Waals surface area contributed by atoms with Crippen LogP contribution in [0.2, 0.25) is 0 Å². The van der Waals surface area contributed by atoms with Gasteiger partial charge in [-0.3, -0.25) is 0 Å². The van der Waals surface area contributed by atoms with Crippen molar-refractivity contribution in [2.24, 2.45) is 5.92 Å². The van der Waals surface area contributed by atoms with Crippen LogP contribution in [-0.2, 0) is 19.5 Å². The van der Waals surface area contributed by atoms with Crippen molar-refractivity contribution in [1.29, 1.82) is 0 Å². The van der Waals surface area contributed by atoms with Crippen LogP contribution in [0, 0.1) is 12.8 Å². The maximum absolute atomic E-state index is 5.21. The maximum Gasteiger partial charge on any atom is 0.150 e. The van der Waals surface area contributed by atoms with Gasteiger partial charge in [-0.2, -0.15) is 0 Å². The van der Waals surface area contributed by atoms with E-state index in [1.54, 1.807) is 0 Å². The van der Waals surface area contributed by atoms with Gasteiger partial charge in [0.05, 0.1) is 12.2 Å². The molecule has 6 nitrogen and oxygen atoms in total. The molecule has 6 heteroatoms. The molecule has 1 atom stereocenters. The summed E-state index contributed by atoms with van der Waals surface area (Å²) in [4.78, 5) is 0. The van der Waals surface area contributed by atoms with Crippen LogP contribution in [0.4, 0.5) is 0 Å². The van der Waals surface area contributed by atoms with Gasteiger partial charge in [0.1, 0.15) is 11.6 Å². The Morgan fingerprint density at radius 1 is 1.43 bits per heavy atom. The van der Waals surface area contributed by atoms with Crippen LogP contribution < -0.4 is 5.32 Å². The third-order valence-corrected chi connectivity index (χ3v) is 4.00. The van der Waals surface area contributed by atoms with Crippen LogP contribution in [0.3, 0.4) is 0 Å². The molecule has 0 saturated carbocycles. The average Bonchev–Trinajstić information content (AvgIpc) is 3.04. The number of fused-ring (bicyclic) bond motifs is 1. The second kappa shape index (κ2) is 5.97. The molecule has 2 aromatic heterocycles. The van der Waals surface area contributed by atoms with Crippen molar-refractivity contribution < 1.29 is 4.52 Å². The van der Waals surface area contributed by atoms with Crippen molar-refractivity contribution in [3.63, 3.8) is 0 Å². The molecule has 0 bridgehead atoms. The lowest BCUT2D eigenvalue weighted by Gasteiger charge is -2.25. The van der Waals surface area contributed by atoms with Gasteiger partial charge in [0.15, 0.2) is 5.76 Å². The number of aryl methyl sites for hydroxylation is 2. The number of aromatic nitrogens is 4. The molecule has 1 aliphatic rings. The van der Waals surface area contributed by atoms with Crippen LogP contribution in [0.5, 0.6) is 0 Å². The van der Waals surface area contributed by atoms with Crippen LogP contribution >= 0.6 is 0 Å². The molecule has 3 rings (SSSR count). The van der Waals surface area contributed by atoms with Gasteiger partial charge in [-0.05, 0) is 19.3 Å². The molecule has 0 aliphatic carbocycles. The highest BCUT2D eigenvalue weighted by Crippen LogP contribution is 2.23. The Hall–Kier alpha value is -1.69. The van der Waals surface area contributed by atoms with Crippen molar-refractivity contribution in [2.75, 3.05) is 6.54 Å². The summed E-state index contributed by atoms with van der Waals surface area (Å²) in [5.41, 5.74) is 0.931. The Kier molecular flexibility index (Phi) is 4.05. The van der Waals surface area contributed by atoms with Crippen molar-refractivity contribution in [3.05, 3.63) is 29.2 Å². The van der Waals surface area contributed by atoms with E-state index in [0.717, 1.165) is 49.2 Å². The molecule has 0 amide bonds. The summed E-state index contributed by atoms with van der Waals surface area (Å²) in [6, 6.07) is 1.97. The zero-order chi connectivity index (χ0) is 14.8. The fraction of sp³-hybridized carbons (Fsp3) is 0.667. The van der Waals surface area contributed by atoms with Gasteiger partial charge in [0, 0.05) is 31.5 Å². The molecule has 1 N–H and O–H groups in total. The van der Waals surface area contributed by atoms with E-state index in [1.165, 1.54) is 6.42 Å². The van der Waals surface area contributed by atoms with Crippen LogP contribution in [0.25, 0.3) is 0 Å². The predicted molar refractivity (Wildman–Crippen MR) is 78.9 cm³/mol. The Morgan fingerprint density at radius 2 is 2.29 bits per heavy atom. The van der Waals surface area contributed by atoms with Crippen LogP contribution in [0.1, 0.15) is 49.3 Å². The number of rotatable bonds is 5. The third kappa shape index (κ3) is 3.15. The van der Waals surface area contributed by atoms with E-state index >= 15 is 0 Å². The summed E-state index contributed by atoms with van der Waals surface area (Å²) in [6.07, 6.45) is 2.19. The van der Waals surface area contributed by atoms with E-state index in [2.05, 4.69) is 39.1 Å². The molecule has 1 aliphatic heterocycles. The topological polar surface area (TPSA) is 68.8 Å². The van der Waals surface area contributed by atoms with E-state index < -0.39 is 0 Å². The van der Waals surface area contributed by atoms with Gasteiger partial charge < -0.3 is 14.4 Å². The molecule has 0 radical (unpaired) electrons. The Morgan fingerprint density at radius 3 is 3.00 bits per heavy atom. The molecule has 21 heavy (non-hydrogen) atoms. The van der Waals surface area contributed by atoms with Gasteiger partial charge in [0.25, 0.3) is 0 Å².